The molecule has 0 saturated carbocycles. The van der Waals surface area contributed by atoms with E-state index in [2.05, 4.69) is 13.2 Å². The fourth-order valence-electron chi connectivity index (χ4n) is 7.80. The lowest BCUT2D eigenvalue weighted by Crippen LogP contribution is -2.40. The minimum atomic E-state index is -0.768. The normalized spacial score (nSPS) is 12.0. The molecule has 0 aliphatic carbocycles. The van der Waals surface area contributed by atoms with Crippen LogP contribution in [0.5, 0.6) is 23.0 Å². The Hall–Kier alpha value is -6.42. The molecule has 10 heteroatoms. The molecule has 320 valence electrons. The summed E-state index contributed by atoms with van der Waals surface area (Å²) in [5.41, 5.74) is -1.38. The first-order chi connectivity index (χ1) is 28.6. The summed E-state index contributed by atoms with van der Waals surface area (Å²) < 4.78 is 35.3. The standard InChI is InChI=1S/C51H56O10/c1-12-15-37-30-40(56-46(54)38-18-16-35-28-41(22-20-33(35)26-38)58-48(4,5)31-50(8,9)60-44(52)13-2)24-25-43(37)57-47(55)39-19-17-36-29-42(23-21-34(36)27-39)59-49(6,7)32-51(10,11)61-45(53)14-3/h13-14,16-30H,2-3,12,15,31-32H2,1,4-11H3. The lowest BCUT2D eigenvalue weighted by molar-refractivity contribution is -0.155. The molecule has 0 radical (unpaired) electrons. The van der Waals surface area contributed by atoms with Crippen molar-refractivity contribution in [3.63, 3.8) is 0 Å². The van der Waals surface area contributed by atoms with Crippen LogP contribution in [0.2, 0.25) is 0 Å². The quantitative estimate of drug-likeness (QED) is 0.0479. The van der Waals surface area contributed by atoms with E-state index < -0.39 is 46.3 Å². The zero-order valence-corrected chi connectivity index (χ0v) is 36.6. The van der Waals surface area contributed by atoms with Crippen LogP contribution in [0.1, 0.15) is 108 Å². The molecule has 0 bridgehead atoms. The van der Waals surface area contributed by atoms with Crippen LogP contribution in [0.15, 0.2) is 116 Å². The smallest absolute Gasteiger partial charge is 0.343 e. The zero-order chi connectivity index (χ0) is 44.8. The molecule has 5 rings (SSSR count). The molecule has 0 fully saturated rings. The maximum absolute atomic E-state index is 13.4. The molecular weight excluding hydrogens is 773 g/mol. The molecule has 0 spiro atoms. The van der Waals surface area contributed by atoms with Crippen LogP contribution in [-0.4, -0.2) is 46.3 Å². The monoisotopic (exact) mass is 828 g/mol. The Morgan fingerprint density at radius 3 is 1.36 bits per heavy atom. The first kappa shape index (κ1) is 45.7. The van der Waals surface area contributed by atoms with Crippen molar-refractivity contribution in [2.24, 2.45) is 0 Å². The van der Waals surface area contributed by atoms with E-state index in [0.717, 1.165) is 45.7 Å². The van der Waals surface area contributed by atoms with Gasteiger partial charge in [-0.25, -0.2) is 19.2 Å². The van der Waals surface area contributed by atoms with Gasteiger partial charge in [0.15, 0.2) is 0 Å². The molecule has 0 heterocycles. The second kappa shape index (κ2) is 18.5. The number of fused-ring (bicyclic) bond motifs is 2. The summed E-state index contributed by atoms with van der Waals surface area (Å²) in [4.78, 5) is 50.4. The highest BCUT2D eigenvalue weighted by Gasteiger charge is 2.34. The Morgan fingerprint density at radius 1 is 0.508 bits per heavy atom. The van der Waals surface area contributed by atoms with Gasteiger partial charge >= 0.3 is 23.9 Å². The highest BCUT2D eigenvalue weighted by Crippen LogP contribution is 2.34. The second-order valence-electron chi connectivity index (χ2n) is 17.6. The molecule has 0 aliphatic heterocycles. The van der Waals surface area contributed by atoms with E-state index in [0.29, 0.717) is 53.4 Å². The highest BCUT2D eigenvalue weighted by molar-refractivity contribution is 5.98. The number of carbonyl (C=O) groups is 4. The summed E-state index contributed by atoms with van der Waals surface area (Å²) in [5, 5.41) is 3.39. The Balaban J connectivity index is 1.23. The van der Waals surface area contributed by atoms with Gasteiger partial charge in [-0.15, -0.1) is 0 Å². The molecule has 5 aromatic carbocycles. The predicted octanol–water partition coefficient (Wildman–Crippen LogP) is 11.5. The molecule has 0 aromatic heterocycles. The lowest BCUT2D eigenvalue weighted by Gasteiger charge is -2.35. The van der Waals surface area contributed by atoms with Gasteiger partial charge in [0.25, 0.3) is 0 Å². The number of carbonyl (C=O) groups excluding carboxylic acids is 4. The van der Waals surface area contributed by atoms with Gasteiger partial charge in [-0.3, -0.25) is 0 Å². The second-order valence-corrected chi connectivity index (χ2v) is 17.6. The number of ether oxygens (including phenoxy) is 6. The van der Waals surface area contributed by atoms with Gasteiger partial charge in [0.1, 0.15) is 45.4 Å². The van der Waals surface area contributed by atoms with E-state index in [1.165, 1.54) is 0 Å². The van der Waals surface area contributed by atoms with E-state index in [1.807, 2.05) is 111 Å². The molecule has 0 N–H and O–H groups in total. The van der Waals surface area contributed by atoms with Gasteiger partial charge in [0.2, 0.25) is 0 Å². The SMILES string of the molecule is C=CC(=O)OC(C)(C)CC(C)(C)Oc1ccc2cc(C(=O)Oc3ccc(OC(=O)c4ccc5cc(OC(C)(C)CC(C)(C)OC(=O)C=C)ccc5c4)c(CCC)c3)ccc2c1. The Morgan fingerprint density at radius 2 is 0.918 bits per heavy atom. The Bertz CT molecular complexity index is 2470. The highest BCUT2D eigenvalue weighted by atomic mass is 16.6. The van der Waals surface area contributed by atoms with Gasteiger partial charge < -0.3 is 28.4 Å². The number of hydrogen-bond donors (Lipinski definition) is 0. The first-order valence-corrected chi connectivity index (χ1v) is 20.3. The zero-order valence-electron chi connectivity index (χ0n) is 36.6. The van der Waals surface area contributed by atoms with Crippen molar-refractivity contribution in [3.8, 4) is 23.0 Å². The molecule has 0 aliphatic rings. The molecule has 61 heavy (non-hydrogen) atoms. The van der Waals surface area contributed by atoms with Crippen LogP contribution in [0.25, 0.3) is 21.5 Å². The summed E-state index contributed by atoms with van der Waals surface area (Å²) in [7, 11) is 0. The van der Waals surface area contributed by atoms with Crippen molar-refractivity contribution in [3.05, 3.63) is 133 Å². The summed E-state index contributed by atoms with van der Waals surface area (Å²) in [5.74, 6) is -0.0479. The van der Waals surface area contributed by atoms with Crippen molar-refractivity contribution in [1.82, 2.24) is 0 Å². The summed E-state index contributed by atoms with van der Waals surface area (Å²) in [6, 6.07) is 26.8. The van der Waals surface area contributed by atoms with Crippen molar-refractivity contribution in [2.75, 3.05) is 0 Å². The molecule has 0 unspecified atom stereocenters. The van der Waals surface area contributed by atoms with E-state index in [9.17, 15) is 19.2 Å². The number of esters is 4. The third-order valence-corrected chi connectivity index (χ3v) is 9.64. The average Bonchev–Trinajstić information content (AvgIpc) is 3.16. The van der Waals surface area contributed by atoms with Crippen LogP contribution in [-0.2, 0) is 25.5 Å². The number of hydrogen-bond acceptors (Lipinski definition) is 10. The maximum atomic E-state index is 13.4. The summed E-state index contributed by atoms with van der Waals surface area (Å²) in [6.45, 7) is 24.0. The predicted molar refractivity (Wildman–Crippen MR) is 238 cm³/mol. The van der Waals surface area contributed by atoms with Gasteiger partial charge in [0, 0.05) is 25.0 Å². The van der Waals surface area contributed by atoms with Crippen LogP contribution >= 0.6 is 0 Å². The van der Waals surface area contributed by atoms with Crippen molar-refractivity contribution >= 4 is 45.4 Å². The molecular formula is C51H56O10. The minimum Gasteiger partial charge on any atom is -0.488 e. The number of benzene rings is 5. The maximum Gasteiger partial charge on any atom is 0.343 e. The third kappa shape index (κ3) is 12.8. The van der Waals surface area contributed by atoms with Crippen LogP contribution < -0.4 is 18.9 Å². The average molecular weight is 829 g/mol. The largest absolute Gasteiger partial charge is 0.488 e. The van der Waals surface area contributed by atoms with Gasteiger partial charge in [0.05, 0.1) is 11.1 Å². The van der Waals surface area contributed by atoms with Gasteiger partial charge in [-0.1, -0.05) is 50.8 Å². The molecule has 5 aromatic rings. The minimum absolute atomic E-state index is 0.328. The fraction of sp³-hybridized carbons (Fsp3) is 0.333. The molecule has 0 saturated heterocycles. The molecule has 0 amide bonds. The van der Waals surface area contributed by atoms with E-state index >= 15 is 0 Å². The van der Waals surface area contributed by atoms with Crippen LogP contribution in [0, 0.1) is 0 Å². The van der Waals surface area contributed by atoms with E-state index in [1.54, 1.807) is 42.5 Å². The van der Waals surface area contributed by atoms with E-state index in [-0.39, 0.29) is 0 Å². The van der Waals surface area contributed by atoms with Gasteiger partial charge in [-0.2, -0.15) is 0 Å². The van der Waals surface area contributed by atoms with Crippen molar-refractivity contribution < 1.29 is 47.6 Å². The van der Waals surface area contributed by atoms with E-state index in [4.69, 9.17) is 28.4 Å². The lowest BCUT2D eigenvalue weighted by atomic mass is 9.92. The molecule has 0 atom stereocenters. The Kier molecular flexibility index (Phi) is 13.8. The third-order valence-electron chi connectivity index (χ3n) is 9.64. The fourth-order valence-corrected chi connectivity index (χ4v) is 7.80. The number of rotatable bonds is 18. The van der Waals surface area contributed by atoms with Gasteiger partial charge in [-0.05, 0) is 156 Å². The summed E-state index contributed by atoms with van der Waals surface area (Å²) in [6.07, 6.45) is 4.52. The van der Waals surface area contributed by atoms with Crippen molar-refractivity contribution in [2.45, 2.75) is 110 Å². The number of aryl methyl sites for hydroxylation is 1. The van der Waals surface area contributed by atoms with Crippen LogP contribution in [0.3, 0.4) is 0 Å². The van der Waals surface area contributed by atoms with Crippen LogP contribution in [0.4, 0.5) is 0 Å². The molecule has 10 nitrogen and oxygen atoms in total. The summed E-state index contributed by atoms with van der Waals surface area (Å²) >= 11 is 0. The first-order valence-electron chi connectivity index (χ1n) is 20.3. The topological polar surface area (TPSA) is 124 Å². The van der Waals surface area contributed by atoms with Crippen molar-refractivity contribution in [1.29, 1.82) is 0 Å². The Labute approximate surface area is 358 Å².